The van der Waals surface area contributed by atoms with Gasteiger partial charge in [-0.15, -0.1) is 0 Å². The van der Waals surface area contributed by atoms with Crippen LogP contribution >= 0.6 is 0 Å². The highest BCUT2D eigenvalue weighted by molar-refractivity contribution is 5.98. The van der Waals surface area contributed by atoms with Gasteiger partial charge in [-0.3, -0.25) is 10.1 Å². The monoisotopic (exact) mass is 325 g/mol. The first-order valence-corrected chi connectivity index (χ1v) is 8.03. The lowest BCUT2D eigenvalue weighted by molar-refractivity contribution is -0.120. The van der Waals surface area contributed by atoms with Gasteiger partial charge < -0.3 is 11.1 Å². The highest BCUT2D eigenvalue weighted by atomic mass is 16.2. The summed E-state index contributed by atoms with van der Waals surface area (Å²) < 4.78 is 0. The smallest absolute Gasteiger partial charge is 0.318 e. The molecule has 0 heterocycles. The third-order valence-corrected chi connectivity index (χ3v) is 4.04. The molecule has 0 saturated heterocycles. The van der Waals surface area contributed by atoms with Gasteiger partial charge in [0.15, 0.2) is 0 Å². The van der Waals surface area contributed by atoms with Crippen LogP contribution in [0.15, 0.2) is 54.6 Å². The SMILES string of the molecule is CC[C@@H](C)c1ccc(N[C@@H](C(=O)NC(N)=O)c2ccccc2)cc1. The number of nitrogens with two attached hydrogens (primary N) is 1. The average Bonchev–Trinajstić information content (AvgIpc) is 2.59. The average molecular weight is 325 g/mol. The van der Waals surface area contributed by atoms with Gasteiger partial charge in [-0.25, -0.2) is 4.79 Å². The number of nitrogens with one attached hydrogen (secondary N) is 2. The molecule has 0 aliphatic heterocycles. The fourth-order valence-electron chi connectivity index (χ4n) is 2.45. The molecule has 24 heavy (non-hydrogen) atoms. The minimum Gasteiger partial charge on any atom is -0.370 e. The number of urea groups is 1. The number of rotatable bonds is 6. The lowest BCUT2D eigenvalue weighted by Crippen LogP contribution is -2.40. The zero-order valence-electron chi connectivity index (χ0n) is 14.0. The predicted molar refractivity (Wildman–Crippen MR) is 95.7 cm³/mol. The van der Waals surface area contributed by atoms with Crippen LogP contribution in [0.4, 0.5) is 10.5 Å². The first kappa shape index (κ1) is 17.5. The molecule has 3 amide bonds. The highest BCUT2D eigenvalue weighted by Gasteiger charge is 2.21. The summed E-state index contributed by atoms with van der Waals surface area (Å²) in [6.45, 7) is 4.33. The van der Waals surface area contributed by atoms with Crippen molar-refractivity contribution in [2.45, 2.75) is 32.2 Å². The molecule has 2 aromatic rings. The molecule has 2 aromatic carbocycles. The van der Waals surface area contributed by atoms with E-state index in [1.54, 1.807) is 0 Å². The molecular formula is C19H23N3O2. The summed E-state index contributed by atoms with van der Waals surface area (Å²) >= 11 is 0. The Balaban J connectivity index is 2.22. The summed E-state index contributed by atoms with van der Waals surface area (Å²) in [6, 6.07) is 15.6. The third-order valence-electron chi connectivity index (χ3n) is 4.04. The minimum atomic E-state index is -0.866. The van der Waals surface area contributed by atoms with Crippen LogP contribution < -0.4 is 16.4 Å². The number of carbonyl (C=O) groups is 2. The molecule has 0 fully saturated rings. The van der Waals surface area contributed by atoms with E-state index in [4.69, 9.17) is 5.73 Å². The second-order valence-corrected chi connectivity index (χ2v) is 5.77. The van der Waals surface area contributed by atoms with Crippen LogP contribution in [-0.4, -0.2) is 11.9 Å². The molecule has 0 aliphatic rings. The fourth-order valence-corrected chi connectivity index (χ4v) is 2.45. The Bertz CT molecular complexity index is 684. The molecule has 4 N–H and O–H groups in total. The number of primary amides is 1. The number of anilines is 1. The first-order chi connectivity index (χ1) is 11.5. The van der Waals surface area contributed by atoms with E-state index >= 15 is 0 Å². The van der Waals surface area contributed by atoms with Crippen LogP contribution in [0, 0.1) is 0 Å². The number of carbonyl (C=O) groups excluding carboxylic acids is 2. The van der Waals surface area contributed by atoms with Crippen molar-refractivity contribution in [3.8, 4) is 0 Å². The van der Waals surface area contributed by atoms with Crippen molar-refractivity contribution in [2.75, 3.05) is 5.32 Å². The van der Waals surface area contributed by atoms with Crippen LogP contribution in [-0.2, 0) is 4.79 Å². The third kappa shape index (κ3) is 4.59. The largest absolute Gasteiger partial charge is 0.370 e. The molecule has 0 saturated carbocycles. The Morgan fingerprint density at radius 2 is 1.62 bits per heavy atom. The molecule has 0 aliphatic carbocycles. The van der Waals surface area contributed by atoms with Gasteiger partial charge in [0.2, 0.25) is 0 Å². The second-order valence-electron chi connectivity index (χ2n) is 5.77. The number of imide groups is 1. The highest BCUT2D eigenvalue weighted by Crippen LogP contribution is 2.24. The number of hydrogen-bond donors (Lipinski definition) is 3. The topological polar surface area (TPSA) is 84.2 Å². The summed E-state index contributed by atoms with van der Waals surface area (Å²) in [4.78, 5) is 23.3. The van der Waals surface area contributed by atoms with E-state index in [0.29, 0.717) is 5.92 Å². The maximum absolute atomic E-state index is 12.3. The normalized spacial score (nSPS) is 12.9. The van der Waals surface area contributed by atoms with Gasteiger partial charge in [0, 0.05) is 5.69 Å². The predicted octanol–water partition coefficient (Wildman–Crippen LogP) is 3.55. The van der Waals surface area contributed by atoms with Crippen LogP contribution in [0.1, 0.15) is 43.4 Å². The van der Waals surface area contributed by atoms with Crippen molar-refractivity contribution in [2.24, 2.45) is 5.73 Å². The summed E-state index contributed by atoms with van der Waals surface area (Å²) in [5.74, 6) is 0.00170. The quantitative estimate of drug-likeness (QED) is 0.759. The Morgan fingerprint density at radius 3 is 2.17 bits per heavy atom. The van der Waals surface area contributed by atoms with E-state index in [9.17, 15) is 9.59 Å². The second kappa shape index (κ2) is 8.15. The van der Waals surface area contributed by atoms with Gasteiger partial charge in [0.1, 0.15) is 6.04 Å². The molecule has 5 nitrogen and oxygen atoms in total. The van der Waals surface area contributed by atoms with Crippen molar-refractivity contribution in [1.29, 1.82) is 0 Å². The van der Waals surface area contributed by atoms with E-state index in [2.05, 4.69) is 24.5 Å². The van der Waals surface area contributed by atoms with Crippen LogP contribution in [0.2, 0.25) is 0 Å². The fraction of sp³-hybridized carbons (Fsp3) is 0.263. The van der Waals surface area contributed by atoms with Crippen LogP contribution in [0.3, 0.4) is 0 Å². The van der Waals surface area contributed by atoms with Crippen molar-refractivity contribution in [3.05, 3.63) is 65.7 Å². The Labute approximate surface area is 142 Å². The van der Waals surface area contributed by atoms with E-state index < -0.39 is 18.0 Å². The molecule has 0 unspecified atom stereocenters. The van der Waals surface area contributed by atoms with E-state index in [1.807, 2.05) is 54.6 Å². The van der Waals surface area contributed by atoms with Gasteiger partial charge in [-0.1, -0.05) is 56.3 Å². The lowest BCUT2D eigenvalue weighted by Gasteiger charge is -2.19. The first-order valence-electron chi connectivity index (χ1n) is 8.03. The summed E-state index contributed by atoms with van der Waals surface area (Å²) in [7, 11) is 0. The maximum atomic E-state index is 12.3. The number of amides is 3. The summed E-state index contributed by atoms with van der Waals surface area (Å²) in [6.07, 6.45) is 1.07. The van der Waals surface area contributed by atoms with Crippen LogP contribution in [0.5, 0.6) is 0 Å². The summed E-state index contributed by atoms with van der Waals surface area (Å²) in [5, 5.41) is 5.30. The van der Waals surface area contributed by atoms with Gasteiger partial charge >= 0.3 is 6.03 Å². The standard InChI is InChI=1S/C19H23N3O2/c1-3-13(2)14-9-11-16(12-10-14)21-17(18(23)22-19(20)24)15-7-5-4-6-8-15/h4-13,17,21H,3H2,1-2H3,(H3,20,22,23,24)/t13-,17-/m1/s1. The van der Waals surface area contributed by atoms with Gasteiger partial charge in [0.05, 0.1) is 0 Å². The Morgan fingerprint density at radius 1 is 1.00 bits per heavy atom. The van der Waals surface area contributed by atoms with Gasteiger partial charge in [-0.05, 0) is 35.6 Å². The van der Waals surface area contributed by atoms with Crippen molar-refractivity contribution < 1.29 is 9.59 Å². The molecule has 2 rings (SSSR count). The van der Waals surface area contributed by atoms with Crippen molar-refractivity contribution >= 4 is 17.6 Å². The van der Waals surface area contributed by atoms with E-state index in [0.717, 1.165) is 17.7 Å². The van der Waals surface area contributed by atoms with E-state index in [1.165, 1.54) is 5.56 Å². The molecule has 0 bridgehead atoms. The zero-order valence-corrected chi connectivity index (χ0v) is 14.0. The number of hydrogen-bond acceptors (Lipinski definition) is 3. The minimum absolute atomic E-state index is 0.486. The molecule has 5 heteroatoms. The molecule has 0 aromatic heterocycles. The van der Waals surface area contributed by atoms with Crippen LogP contribution in [0.25, 0.3) is 0 Å². The Kier molecular flexibility index (Phi) is 5.95. The zero-order chi connectivity index (χ0) is 17.5. The maximum Gasteiger partial charge on any atom is 0.318 e. The molecule has 2 atom stereocenters. The van der Waals surface area contributed by atoms with Crippen molar-refractivity contribution in [1.82, 2.24) is 5.32 Å². The lowest BCUT2D eigenvalue weighted by atomic mass is 9.98. The Hall–Kier alpha value is -2.82. The molecule has 126 valence electrons. The number of benzene rings is 2. The molecule has 0 spiro atoms. The summed E-state index contributed by atoms with van der Waals surface area (Å²) in [5.41, 5.74) is 7.88. The molecule has 0 radical (unpaired) electrons. The van der Waals surface area contributed by atoms with Gasteiger partial charge in [-0.2, -0.15) is 0 Å². The van der Waals surface area contributed by atoms with E-state index in [-0.39, 0.29) is 0 Å². The van der Waals surface area contributed by atoms with Gasteiger partial charge in [0.25, 0.3) is 5.91 Å². The van der Waals surface area contributed by atoms with Crippen molar-refractivity contribution in [3.63, 3.8) is 0 Å². The molecular weight excluding hydrogens is 302 g/mol.